The number of thiazole rings is 1. The predicted octanol–water partition coefficient (Wildman–Crippen LogP) is -2.01. The molecule has 208 valence electrons. The highest BCUT2D eigenvalue weighted by Crippen LogP contribution is 2.40. The molecule has 3 aromatic rings. The van der Waals surface area contributed by atoms with Gasteiger partial charge < -0.3 is 31.5 Å². The average molecular weight is 585 g/mol. The Kier molecular flexibility index (Phi) is 7.20. The number of hydrogen-bond donors (Lipinski definition) is 3. The number of rotatable bonds is 9. The van der Waals surface area contributed by atoms with E-state index in [1.165, 1.54) is 24.3 Å². The number of β-lactam (4-membered cyclic amide) rings is 1. The molecule has 2 aliphatic heterocycles. The van der Waals surface area contributed by atoms with E-state index in [4.69, 9.17) is 16.3 Å². The standard InChI is InChI=1S/C24H24N8O6S2/c1-30-15-5-11(6-16(25)33)3-4-12(15)7-31(30)8-13-9-39-22-18(21(35)32(22)19(13)23(36)37)28-20(34)17(29-38-2)14-10-40-24(26)27-14/h3-5,7,10,18,22H,6,8-9H2,1-2H3,(H5-,25,26,27,28,33,34,36,37)/b29-17-/t18-,22-/m1/s1. The molecule has 14 nitrogen and oxygen atoms in total. The Bertz CT molecular complexity index is 1630. The third-order valence-corrected chi connectivity index (χ3v) is 8.55. The van der Waals surface area contributed by atoms with Crippen molar-refractivity contribution < 1.29 is 33.8 Å². The van der Waals surface area contributed by atoms with E-state index < -0.39 is 35.1 Å². The lowest BCUT2D eigenvalue weighted by atomic mass is 10.0. The predicted molar refractivity (Wildman–Crippen MR) is 143 cm³/mol. The number of carbonyl (C=O) groups is 4. The highest BCUT2D eigenvalue weighted by Gasteiger charge is 2.53. The van der Waals surface area contributed by atoms with Gasteiger partial charge >= 0.3 is 0 Å². The van der Waals surface area contributed by atoms with E-state index >= 15 is 0 Å². The van der Waals surface area contributed by atoms with Crippen molar-refractivity contribution >= 4 is 68.5 Å². The van der Waals surface area contributed by atoms with Gasteiger partial charge in [-0.05, 0) is 17.7 Å². The number of hydrogen-bond acceptors (Lipinski definition) is 11. The lowest BCUT2D eigenvalue weighted by Gasteiger charge is -2.50. The molecule has 1 aromatic carbocycles. The van der Waals surface area contributed by atoms with Gasteiger partial charge in [0.1, 0.15) is 29.7 Å². The number of amides is 3. The number of nitrogen functional groups attached to an aromatic ring is 1. The van der Waals surface area contributed by atoms with Crippen LogP contribution in [-0.2, 0) is 44.0 Å². The summed E-state index contributed by atoms with van der Waals surface area (Å²) in [6.07, 6.45) is 1.95. The summed E-state index contributed by atoms with van der Waals surface area (Å²) in [5.41, 5.74) is 12.8. The zero-order valence-corrected chi connectivity index (χ0v) is 23.0. The molecule has 2 aliphatic rings. The van der Waals surface area contributed by atoms with Crippen LogP contribution in [0.4, 0.5) is 5.13 Å². The lowest BCUT2D eigenvalue weighted by molar-refractivity contribution is -0.764. The van der Waals surface area contributed by atoms with Crippen LogP contribution in [0.3, 0.4) is 0 Å². The zero-order valence-electron chi connectivity index (χ0n) is 21.3. The van der Waals surface area contributed by atoms with Crippen molar-refractivity contribution in [2.75, 3.05) is 18.6 Å². The monoisotopic (exact) mass is 584 g/mol. The summed E-state index contributed by atoms with van der Waals surface area (Å²) >= 11 is 2.44. The molecule has 0 unspecified atom stereocenters. The van der Waals surface area contributed by atoms with E-state index in [-0.39, 0.29) is 41.0 Å². The van der Waals surface area contributed by atoms with Gasteiger partial charge in [-0.25, -0.2) is 4.98 Å². The summed E-state index contributed by atoms with van der Waals surface area (Å²) in [4.78, 5) is 59.6. The highest BCUT2D eigenvalue weighted by atomic mass is 32.2. The first-order valence-corrected chi connectivity index (χ1v) is 13.8. The molecule has 16 heteroatoms. The number of primary amides is 1. The van der Waals surface area contributed by atoms with Gasteiger partial charge in [0.15, 0.2) is 17.4 Å². The maximum Gasteiger partial charge on any atom is 0.276 e. The minimum Gasteiger partial charge on any atom is -0.543 e. The number of carboxylic acids is 1. The van der Waals surface area contributed by atoms with Crippen LogP contribution in [0, 0.1) is 0 Å². The second kappa shape index (κ2) is 10.6. The zero-order chi connectivity index (χ0) is 28.7. The van der Waals surface area contributed by atoms with Crippen LogP contribution in [0.15, 0.2) is 46.2 Å². The Morgan fingerprint density at radius 2 is 2.12 bits per heavy atom. The molecular weight excluding hydrogens is 560 g/mol. The van der Waals surface area contributed by atoms with Gasteiger partial charge in [-0.15, -0.1) is 27.8 Å². The molecule has 0 saturated carbocycles. The second-order valence-corrected chi connectivity index (χ2v) is 11.1. The smallest absolute Gasteiger partial charge is 0.276 e. The molecule has 40 heavy (non-hydrogen) atoms. The number of aryl methyl sites for hydroxylation is 1. The first kappa shape index (κ1) is 27.1. The van der Waals surface area contributed by atoms with Crippen LogP contribution in [0.5, 0.6) is 0 Å². The second-order valence-electron chi connectivity index (χ2n) is 9.08. The van der Waals surface area contributed by atoms with Crippen molar-refractivity contribution in [2.24, 2.45) is 17.9 Å². The summed E-state index contributed by atoms with van der Waals surface area (Å²) in [6.45, 7) is 0.177. The number of nitrogens with zero attached hydrogens (tertiary/aromatic N) is 5. The normalized spacial score (nSPS) is 18.9. The summed E-state index contributed by atoms with van der Waals surface area (Å²) in [5.74, 6) is -2.94. The number of anilines is 1. The highest BCUT2D eigenvalue weighted by molar-refractivity contribution is 8.00. The molecule has 3 amide bonds. The van der Waals surface area contributed by atoms with Gasteiger partial charge in [-0.2, -0.15) is 4.68 Å². The summed E-state index contributed by atoms with van der Waals surface area (Å²) in [7, 11) is 3.08. The van der Waals surface area contributed by atoms with Crippen LogP contribution >= 0.6 is 23.1 Å². The summed E-state index contributed by atoms with van der Waals surface area (Å²) in [5, 5.41) is 20.6. The number of aliphatic carboxylic acids is 1. The van der Waals surface area contributed by atoms with Crippen LogP contribution < -0.4 is 26.6 Å². The Morgan fingerprint density at radius 1 is 1.35 bits per heavy atom. The van der Waals surface area contributed by atoms with Crippen LogP contribution in [0.25, 0.3) is 10.9 Å². The first-order valence-electron chi connectivity index (χ1n) is 11.9. The molecule has 1 fully saturated rings. The lowest BCUT2D eigenvalue weighted by Crippen LogP contribution is -2.71. The fourth-order valence-electron chi connectivity index (χ4n) is 4.72. The number of fused-ring (bicyclic) bond motifs is 2. The third kappa shape index (κ3) is 4.86. The van der Waals surface area contributed by atoms with Crippen molar-refractivity contribution in [3.63, 3.8) is 0 Å². The molecule has 5 N–H and O–H groups in total. The van der Waals surface area contributed by atoms with E-state index in [9.17, 15) is 24.3 Å². The number of nitrogens with two attached hydrogens (primary N) is 2. The van der Waals surface area contributed by atoms with E-state index in [1.54, 1.807) is 0 Å². The quantitative estimate of drug-likeness (QED) is 0.110. The Balaban J connectivity index is 1.37. The summed E-state index contributed by atoms with van der Waals surface area (Å²) < 4.78 is 3.65. The molecule has 0 aliphatic carbocycles. The molecule has 2 atom stereocenters. The molecule has 2 aromatic heterocycles. The molecule has 5 rings (SSSR count). The molecular formula is C24H24N8O6S2. The first-order chi connectivity index (χ1) is 19.1. The van der Waals surface area contributed by atoms with Gasteiger partial charge in [0.25, 0.3) is 11.8 Å². The molecule has 0 spiro atoms. The number of oxime groups is 1. The molecule has 1 saturated heterocycles. The Labute approximate surface area is 235 Å². The fraction of sp³-hybridized carbons (Fsp3) is 0.292. The number of nitrogens with one attached hydrogen (secondary N) is 1. The van der Waals surface area contributed by atoms with Crippen molar-refractivity contribution in [2.45, 2.75) is 24.4 Å². The number of aromatic nitrogens is 3. The maximum atomic E-state index is 13.1. The largest absolute Gasteiger partial charge is 0.543 e. The van der Waals surface area contributed by atoms with Gasteiger partial charge in [-0.1, -0.05) is 11.2 Å². The topological polar surface area (TPSA) is 202 Å². The van der Waals surface area contributed by atoms with Crippen LogP contribution in [0.1, 0.15) is 11.3 Å². The van der Waals surface area contributed by atoms with E-state index in [1.807, 2.05) is 40.8 Å². The van der Waals surface area contributed by atoms with Crippen molar-refractivity contribution in [1.29, 1.82) is 0 Å². The van der Waals surface area contributed by atoms with Crippen LogP contribution in [0.2, 0.25) is 0 Å². The molecule has 0 radical (unpaired) electrons. The van der Waals surface area contributed by atoms with E-state index in [0.717, 1.165) is 32.7 Å². The number of carboxylic acid groups (broad SMARTS) is 1. The van der Waals surface area contributed by atoms with Gasteiger partial charge in [0, 0.05) is 16.7 Å². The fourth-order valence-corrected chi connectivity index (χ4v) is 6.60. The van der Waals surface area contributed by atoms with E-state index in [0.29, 0.717) is 5.57 Å². The van der Waals surface area contributed by atoms with E-state index in [2.05, 4.69) is 15.5 Å². The molecule has 0 bridgehead atoms. The van der Waals surface area contributed by atoms with Crippen molar-refractivity contribution in [1.82, 2.24) is 19.9 Å². The minimum absolute atomic E-state index is 0.102. The average Bonchev–Trinajstić information content (AvgIpc) is 3.47. The molecule has 4 heterocycles. The summed E-state index contributed by atoms with van der Waals surface area (Å²) in [6, 6.07) is 4.53. The Morgan fingerprint density at radius 3 is 2.77 bits per heavy atom. The van der Waals surface area contributed by atoms with Crippen molar-refractivity contribution in [3.05, 3.63) is 52.3 Å². The van der Waals surface area contributed by atoms with Gasteiger partial charge in [0.05, 0.1) is 30.5 Å². The van der Waals surface area contributed by atoms with Gasteiger partial charge in [-0.3, -0.25) is 19.3 Å². The van der Waals surface area contributed by atoms with Crippen LogP contribution in [-0.4, -0.2) is 68.2 Å². The van der Waals surface area contributed by atoms with Gasteiger partial charge in [0.2, 0.25) is 12.1 Å². The number of carbonyl (C=O) groups excluding carboxylic acids is 4. The number of benzene rings is 1. The SMILES string of the molecule is CO/N=C(\C(=O)N[C@@H]1C(=O)N2C(C(=O)[O-])=C(C[n+]3cc4ccc(CC(N)=O)cc4n3C)CS[C@H]12)c1csc(N)n1. The maximum absolute atomic E-state index is 13.1. The minimum atomic E-state index is -1.49. The number of thioether (sulfide) groups is 1. The third-order valence-electron chi connectivity index (χ3n) is 6.54. The Hall–Kier alpha value is -4.44. The van der Waals surface area contributed by atoms with Crippen molar-refractivity contribution in [3.8, 4) is 0 Å².